The maximum absolute atomic E-state index is 12.0. The Labute approximate surface area is 125 Å². The van der Waals surface area contributed by atoms with Crippen LogP contribution in [0.5, 0.6) is 0 Å². The fourth-order valence-electron chi connectivity index (χ4n) is 1.72. The molecular formula is C14H27N3O4. The van der Waals surface area contributed by atoms with Crippen LogP contribution >= 0.6 is 0 Å². The summed E-state index contributed by atoms with van der Waals surface area (Å²) in [5, 5.41) is 13.8. The van der Waals surface area contributed by atoms with Gasteiger partial charge in [0.05, 0.1) is 6.04 Å². The Balaban J connectivity index is 4.65. The number of carboxylic acid groups (broad SMARTS) is 1. The number of aliphatic carboxylic acids is 1. The van der Waals surface area contributed by atoms with Crippen molar-refractivity contribution in [2.75, 3.05) is 0 Å². The quantitative estimate of drug-likeness (QED) is 0.486. The Morgan fingerprint density at radius 2 is 1.67 bits per heavy atom. The first-order valence-electron chi connectivity index (χ1n) is 7.29. The first-order chi connectivity index (χ1) is 9.70. The Kier molecular flexibility index (Phi) is 8.61. The summed E-state index contributed by atoms with van der Waals surface area (Å²) in [5.41, 5.74) is 5.76. The van der Waals surface area contributed by atoms with E-state index in [-0.39, 0.29) is 11.8 Å². The van der Waals surface area contributed by atoms with E-state index in [4.69, 9.17) is 10.8 Å². The van der Waals surface area contributed by atoms with E-state index in [0.29, 0.717) is 6.42 Å². The third-order valence-corrected chi connectivity index (χ3v) is 3.18. The second-order valence-electron chi connectivity index (χ2n) is 5.55. The summed E-state index contributed by atoms with van der Waals surface area (Å²) in [6, 6.07) is -2.47. The molecule has 0 unspecified atom stereocenters. The lowest BCUT2D eigenvalue weighted by Crippen LogP contribution is -2.55. The predicted octanol–water partition coefficient (Wildman–Crippen LogP) is 0.234. The zero-order chi connectivity index (χ0) is 16.6. The molecule has 122 valence electrons. The minimum atomic E-state index is -1.13. The summed E-state index contributed by atoms with van der Waals surface area (Å²) in [6.45, 7) is 6.91. The normalized spacial score (nSPS) is 15.1. The molecule has 0 aromatic rings. The molecule has 0 aromatic heterocycles. The van der Waals surface area contributed by atoms with Gasteiger partial charge in [0, 0.05) is 0 Å². The van der Waals surface area contributed by atoms with Gasteiger partial charge in [0.2, 0.25) is 11.8 Å². The van der Waals surface area contributed by atoms with Crippen LogP contribution in [0.15, 0.2) is 0 Å². The highest BCUT2D eigenvalue weighted by atomic mass is 16.4. The minimum absolute atomic E-state index is 0.173. The molecule has 0 aromatic carbocycles. The average Bonchev–Trinajstić information content (AvgIpc) is 2.40. The van der Waals surface area contributed by atoms with Gasteiger partial charge in [-0.15, -0.1) is 0 Å². The van der Waals surface area contributed by atoms with E-state index in [1.54, 1.807) is 13.8 Å². The number of unbranched alkanes of at least 4 members (excludes halogenated alkanes) is 1. The lowest BCUT2D eigenvalue weighted by atomic mass is 10.0. The molecule has 5 N–H and O–H groups in total. The van der Waals surface area contributed by atoms with Crippen LogP contribution in [0.1, 0.15) is 47.0 Å². The third kappa shape index (κ3) is 7.08. The SMILES string of the molecule is CCCC[C@H](N)C(=O)N[C@H](C(=O)N[C@@H](C)C(=O)O)C(C)C. The summed E-state index contributed by atoms with van der Waals surface area (Å²) in [5.74, 6) is -2.21. The number of carbonyl (C=O) groups is 3. The zero-order valence-electron chi connectivity index (χ0n) is 13.2. The zero-order valence-corrected chi connectivity index (χ0v) is 13.2. The maximum atomic E-state index is 12.0. The van der Waals surface area contributed by atoms with Crippen molar-refractivity contribution in [3.63, 3.8) is 0 Å². The molecule has 3 atom stereocenters. The molecule has 0 heterocycles. The number of hydrogen-bond donors (Lipinski definition) is 4. The smallest absolute Gasteiger partial charge is 0.325 e. The number of carbonyl (C=O) groups excluding carboxylic acids is 2. The fraction of sp³-hybridized carbons (Fsp3) is 0.786. The Bertz CT molecular complexity index is 371. The molecule has 0 saturated heterocycles. The van der Waals surface area contributed by atoms with Crippen LogP contribution in [0.3, 0.4) is 0 Å². The molecule has 0 aliphatic heterocycles. The summed E-state index contributed by atoms with van der Waals surface area (Å²) in [6.07, 6.45) is 2.33. The van der Waals surface area contributed by atoms with Crippen molar-refractivity contribution in [1.82, 2.24) is 10.6 Å². The summed E-state index contributed by atoms with van der Waals surface area (Å²) >= 11 is 0. The van der Waals surface area contributed by atoms with Gasteiger partial charge in [0.25, 0.3) is 0 Å². The van der Waals surface area contributed by atoms with Crippen LogP contribution in [-0.2, 0) is 14.4 Å². The van der Waals surface area contributed by atoms with E-state index in [1.165, 1.54) is 6.92 Å². The van der Waals surface area contributed by atoms with E-state index in [0.717, 1.165) is 12.8 Å². The number of nitrogens with two attached hydrogens (primary N) is 1. The van der Waals surface area contributed by atoms with Crippen LogP contribution in [0.2, 0.25) is 0 Å². The summed E-state index contributed by atoms with van der Waals surface area (Å²) in [7, 11) is 0. The van der Waals surface area contributed by atoms with Crippen molar-refractivity contribution < 1.29 is 19.5 Å². The van der Waals surface area contributed by atoms with Gasteiger partial charge in [-0.2, -0.15) is 0 Å². The van der Waals surface area contributed by atoms with Gasteiger partial charge in [-0.1, -0.05) is 33.6 Å². The van der Waals surface area contributed by atoms with E-state index >= 15 is 0 Å². The molecule has 0 saturated carbocycles. The lowest BCUT2D eigenvalue weighted by Gasteiger charge is -2.24. The molecule has 0 aliphatic rings. The van der Waals surface area contributed by atoms with Crippen LogP contribution < -0.4 is 16.4 Å². The topological polar surface area (TPSA) is 122 Å². The van der Waals surface area contributed by atoms with Crippen LogP contribution in [-0.4, -0.2) is 41.0 Å². The first-order valence-corrected chi connectivity index (χ1v) is 7.29. The van der Waals surface area contributed by atoms with E-state index < -0.39 is 30.0 Å². The molecule has 0 rings (SSSR count). The van der Waals surface area contributed by atoms with Crippen molar-refractivity contribution in [1.29, 1.82) is 0 Å². The monoisotopic (exact) mass is 301 g/mol. The van der Waals surface area contributed by atoms with Crippen LogP contribution in [0.25, 0.3) is 0 Å². The number of rotatable bonds is 9. The molecule has 0 spiro atoms. The molecule has 7 heteroatoms. The number of amides is 2. The molecule has 0 aliphatic carbocycles. The predicted molar refractivity (Wildman–Crippen MR) is 79.5 cm³/mol. The van der Waals surface area contributed by atoms with Gasteiger partial charge in [0.1, 0.15) is 12.1 Å². The Hall–Kier alpha value is -1.63. The van der Waals surface area contributed by atoms with Crippen molar-refractivity contribution in [3.05, 3.63) is 0 Å². The second-order valence-corrected chi connectivity index (χ2v) is 5.55. The van der Waals surface area contributed by atoms with Gasteiger partial charge in [-0.3, -0.25) is 14.4 Å². The molecule has 0 bridgehead atoms. The second kappa shape index (κ2) is 9.33. The molecule has 7 nitrogen and oxygen atoms in total. The number of hydrogen-bond acceptors (Lipinski definition) is 4. The molecular weight excluding hydrogens is 274 g/mol. The van der Waals surface area contributed by atoms with Gasteiger partial charge in [0.15, 0.2) is 0 Å². The van der Waals surface area contributed by atoms with Gasteiger partial charge >= 0.3 is 5.97 Å². The Morgan fingerprint density at radius 3 is 2.10 bits per heavy atom. The highest BCUT2D eigenvalue weighted by Crippen LogP contribution is 2.05. The van der Waals surface area contributed by atoms with E-state index in [9.17, 15) is 14.4 Å². The lowest BCUT2D eigenvalue weighted by molar-refractivity contribution is -0.142. The van der Waals surface area contributed by atoms with Gasteiger partial charge in [-0.05, 0) is 19.3 Å². The highest BCUT2D eigenvalue weighted by molar-refractivity contribution is 5.91. The van der Waals surface area contributed by atoms with Crippen LogP contribution in [0, 0.1) is 5.92 Å². The largest absolute Gasteiger partial charge is 0.480 e. The first kappa shape index (κ1) is 19.4. The number of nitrogens with one attached hydrogen (secondary N) is 2. The summed E-state index contributed by atoms with van der Waals surface area (Å²) < 4.78 is 0. The van der Waals surface area contributed by atoms with Crippen molar-refractivity contribution in [3.8, 4) is 0 Å². The standard InChI is InChI=1S/C14H27N3O4/c1-5-6-7-10(15)12(18)17-11(8(2)3)13(19)16-9(4)14(20)21/h8-11H,5-7,15H2,1-4H3,(H,16,19)(H,17,18)(H,20,21)/t9-,10-,11-/m0/s1. The van der Waals surface area contributed by atoms with Crippen molar-refractivity contribution >= 4 is 17.8 Å². The minimum Gasteiger partial charge on any atom is -0.480 e. The molecule has 21 heavy (non-hydrogen) atoms. The molecule has 0 radical (unpaired) electrons. The Morgan fingerprint density at radius 1 is 1.10 bits per heavy atom. The highest BCUT2D eigenvalue weighted by Gasteiger charge is 2.28. The summed E-state index contributed by atoms with van der Waals surface area (Å²) in [4.78, 5) is 34.8. The van der Waals surface area contributed by atoms with Crippen molar-refractivity contribution in [2.24, 2.45) is 11.7 Å². The fourth-order valence-corrected chi connectivity index (χ4v) is 1.72. The van der Waals surface area contributed by atoms with Crippen LogP contribution in [0.4, 0.5) is 0 Å². The average molecular weight is 301 g/mol. The van der Waals surface area contributed by atoms with Crippen molar-refractivity contribution in [2.45, 2.75) is 65.1 Å². The van der Waals surface area contributed by atoms with E-state index in [2.05, 4.69) is 10.6 Å². The van der Waals surface area contributed by atoms with Gasteiger partial charge in [-0.25, -0.2) is 0 Å². The number of carboxylic acids is 1. The molecule has 0 fully saturated rings. The van der Waals surface area contributed by atoms with E-state index in [1.807, 2.05) is 6.92 Å². The maximum Gasteiger partial charge on any atom is 0.325 e. The molecule has 2 amide bonds. The third-order valence-electron chi connectivity index (χ3n) is 3.18. The van der Waals surface area contributed by atoms with Gasteiger partial charge < -0.3 is 21.5 Å².